The third-order valence-electron chi connectivity index (χ3n) is 4.20. The molecule has 1 saturated carbocycles. The summed E-state index contributed by atoms with van der Waals surface area (Å²) in [5, 5.41) is 11.8. The van der Waals surface area contributed by atoms with Gasteiger partial charge in [-0.15, -0.1) is 0 Å². The van der Waals surface area contributed by atoms with Crippen LogP contribution in [0.3, 0.4) is 0 Å². The average molecular weight is 275 g/mol. The first-order valence-corrected chi connectivity index (χ1v) is 6.86. The molecule has 5 nitrogen and oxygen atoms in total. The van der Waals surface area contributed by atoms with Crippen LogP contribution < -0.4 is 5.32 Å². The van der Waals surface area contributed by atoms with Gasteiger partial charge in [0.1, 0.15) is 0 Å². The number of nitrogens with one attached hydrogen (secondary N) is 1. The monoisotopic (exact) mass is 275 g/mol. The van der Waals surface area contributed by atoms with Crippen LogP contribution in [0.1, 0.15) is 46.4 Å². The van der Waals surface area contributed by atoms with Crippen molar-refractivity contribution in [3.8, 4) is 0 Å². The van der Waals surface area contributed by atoms with E-state index in [0.717, 1.165) is 19.3 Å². The molecule has 2 aliphatic rings. The van der Waals surface area contributed by atoms with Crippen LogP contribution >= 0.6 is 0 Å². The first kappa shape index (κ1) is 13.1. The van der Waals surface area contributed by atoms with Crippen LogP contribution in [-0.2, 0) is 4.74 Å². The van der Waals surface area contributed by atoms with Crippen LogP contribution in [-0.4, -0.2) is 35.2 Å². The van der Waals surface area contributed by atoms with Gasteiger partial charge >= 0.3 is 5.97 Å². The largest absolute Gasteiger partial charge is 0.478 e. The van der Waals surface area contributed by atoms with Crippen molar-refractivity contribution in [2.45, 2.75) is 37.3 Å². The molecule has 1 spiro atoms. The highest BCUT2D eigenvalue weighted by Crippen LogP contribution is 2.43. The Morgan fingerprint density at radius 3 is 2.35 bits per heavy atom. The number of hydrogen-bond acceptors (Lipinski definition) is 3. The minimum Gasteiger partial charge on any atom is -0.478 e. The van der Waals surface area contributed by atoms with Crippen LogP contribution in [0, 0.1) is 0 Å². The lowest BCUT2D eigenvalue weighted by Crippen LogP contribution is -2.39. The Morgan fingerprint density at radius 1 is 1.20 bits per heavy atom. The minimum atomic E-state index is -0.993. The number of hydrogen-bond donors (Lipinski definition) is 2. The molecule has 1 aliphatic heterocycles. The molecule has 1 unspecified atom stereocenters. The van der Waals surface area contributed by atoms with Gasteiger partial charge < -0.3 is 15.2 Å². The second kappa shape index (κ2) is 4.90. The number of carbonyl (C=O) groups excluding carboxylic acids is 1. The van der Waals surface area contributed by atoms with Gasteiger partial charge in [-0.1, -0.05) is 0 Å². The van der Waals surface area contributed by atoms with Crippen LogP contribution in [0.4, 0.5) is 0 Å². The quantitative estimate of drug-likeness (QED) is 0.882. The zero-order valence-electron chi connectivity index (χ0n) is 11.1. The Kier molecular flexibility index (Phi) is 3.22. The van der Waals surface area contributed by atoms with E-state index in [2.05, 4.69) is 5.32 Å². The van der Waals surface area contributed by atoms with E-state index in [-0.39, 0.29) is 23.1 Å². The highest BCUT2D eigenvalue weighted by atomic mass is 16.5. The summed E-state index contributed by atoms with van der Waals surface area (Å²) in [6, 6.07) is 6.01. The summed E-state index contributed by atoms with van der Waals surface area (Å²) in [7, 11) is 0. The Balaban J connectivity index is 1.60. The molecule has 1 aromatic rings. The lowest BCUT2D eigenvalue weighted by atomic mass is 9.77. The molecule has 2 N–H and O–H groups in total. The molecule has 0 aromatic heterocycles. The lowest BCUT2D eigenvalue weighted by molar-refractivity contribution is -0.0563. The highest BCUT2D eigenvalue weighted by Gasteiger charge is 2.45. The molecular formula is C15H17NO4. The van der Waals surface area contributed by atoms with E-state index >= 15 is 0 Å². The van der Waals surface area contributed by atoms with Crippen molar-refractivity contribution >= 4 is 11.9 Å². The number of amides is 1. The highest BCUT2D eigenvalue weighted by molar-refractivity contribution is 5.96. The third kappa shape index (κ3) is 2.41. The number of ether oxygens (including phenoxy) is 1. The zero-order valence-corrected chi connectivity index (χ0v) is 11.1. The number of carboxylic acid groups (broad SMARTS) is 1. The van der Waals surface area contributed by atoms with E-state index in [1.807, 2.05) is 0 Å². The maximum atomic E-state index is 12.1. The van der Waals surface area contributed by atoms with Gasteiger partial charge in [0.25, 0.3) is 5.91 Å². The fraction of sp³-hybridized carbons (Fsp3) is 0.467. The number of carboxylic acids is 1. The molecule has 20 heavy (non-hydrogen) atoms. The van der Waals surface area contributed by atoms with Crippen molar-refractivity contribution < 1.29 is 19.4 Å². The number of carbonyl (C=O) groups is 2. The van der Waals surface area contributed by atoms with E-state index < -0.39 is 5.97 Å². The second-order valence-corrected chi connectivity index (χ2v) is 5.60. The standard InChI is InChI=1S/C15H17NO4/c17-13(10-2-4-11(5-3-10)14(18)19)16-12-8-15(20-9-12)6-1-7-15/h2-5,12H,1,6-9H2,(H,16,17)(H,18,19). The smallest absolute Gasteiger partial charge is 0.335 e. The molecule has 106 valence electrons. The predicted octanol–water partition coefficient (Wildman–Crippen LogP) is 1.83. The Bertz CT molecular complexity index is 533. The Hall–Kier alpha value is -1.88. The normalized spacial score (nSPS) is 23.3. The van der Waals surface area contributed by atoms with Crippen molar-refractivity contribution in [3.05, 3.63) is 35.4 Å². The first-order valence-electron chi connectivity index (χ1n) is 6.86. The van der Waals surface area contributed by atoms with Gasteiger partial charge in [0.15, 0.2) is 0 Å². The van der Waals surface area contributed by atoms with Crippen molar-refractivity contribution in [1.29, 1.82) is 0 Å². The number of aromatic carboxylic acids is 1. The number of benzene rings is 1. The van der Waals surface area contributed by atoms with Crippen LogP contribution in [0.5, 0.6) is 0 Å². The fourth-order valence-corrected chi connectivity index (χ4v) is 2.89. The molecule has 0 radical (unpaired) electrons. The second-order valence-electron chi connectivity index (χ2n) is 5.60. The van der Waals surface area contributed by atoms with E-state index in [1.165, 1.54) is 30.7 Å². The molecule has 1 amide bonds. The Labute approximate surface area is 116 Å². The van der Waals surface area contributed by atoms with Gasteiger partial charge in [0.05, 0.1) is 23.8 Å². The molecule has 1 aliphatic carbocycles. The summed E-state index contributed by atoms with van der Waals surface area (Å²) < 4.78 is 5.78. The van der Waals surface area contributed by atoms with Crippen LogP contribution in [0.25, 0.3) is 0 Å². The molecule has 1 heterocycles. The molecule has 2 fully saturated rings. The van der Waals surface area contributed by atoms with Crippen molar-refractivity contribution in [2.75, 3.05) is 6.61 Å². The minimum absolute atomic E-state index is 0.0190. The molecule has 1 saturated heterocycles. The maximum absolute atomic E-state index is 12.1. The summed E-state index contributed by atoms with van der Waals surface area (Å²) in [6.07, 6.45) is 4.27. The molecule has 0 bridgehead atoms. The summed E-state index contributed by atoms with van der Waals surface area (Å²) in [5.74, 6) is -1.17. The maximum Gasteiger partial charge on any atom is 0.335 e. The summed E-state index contributed by atoms with van der Waals surface area (Å²) in [5.41, 5.74) is 0.675. The SMILES string of the molecule is O=C(O)c1ccc(C(=O)NC2COC3(CCC3)C2)cc1. The van der Waals surface area contributed by atoms with Gasteiger partial charge in [-0.3, -0.25) is 4.79 Å². The summed E-state index contributed by atoms with van der Waals surface area (Å²) in [6.45, 7) is 0.568. The van der Waals surface area contributed by atoms with E-state index in [9.17, 15) is 9.59 Å². The number of rotatable bonds is 3. The topological polar surface area (TPSA) is 75.6 Å². The van der Waals surface area contributed by atoms with Gasteiger partial charge in [-0.2, -0.15) is 0 Å². The van der Waals surface area contributed by atoms with Crippen LogP contribution in [0.2, 0.25) is 0 Å². The average Bonchev–Trinajstić information content (AvgIpc) is 2.83. The molecule has 3 rings (SSSR count). The van der Waals surface area contributed by atoms with Gasteiger partial charge in [-0.05, 0) is 49.9 Å². The molecule has 1 aromatic carbocycles. The van der Waals surface area contributed by atoms with Crippen molar-refractivity contribution in [3.63, 3.8) is 0 Å². The van der Waals surface area contributed by atoms with E-state index in [1.54, 1.807) is 0 Å². The van der Waals surface area contributed by atoms with Crippen molar-refractivity contribution in [1.82, 2.24) is 5.32 Å². The van der Waals surface area contributed by atoms with E-state index in [0.29, 0.717) is 12.2 Å². The predicted molar refractivity (Wildman–Crippen MR) is 71.8 cm³/mol. The molecular weight excluding hydrogens is 258 g/mol. The zero-order chi connectivity index (χ0) is 14.2. The van der Waals surface area contributed by atoms with Gasteiger partial charge in [0, 0.05) is 5.56 Å². The molecule has 1 atom stereocenters. The summed E-state index contributed by atoms with van der Waals surface area (Å²) >= 11 is 0. The van der Waals surface area contributed by atoms with Crippen LogP contribution in [0.15, 0.2) is 24.3 Å². The third-order valence-corrected chi connectivity index (χ3v) is 4.20. The first-order chi connectivity index (χ1) is 9.58. The molecule has 5 heteroatoms. The van der Waals surface area contributed by atoms with Gasteiger partial charge in [0.2, 0.25) is 0 Å². The fourth-order valence-electron chi connectivity index (χ4n) is 2.89. The van der Waals surface area contributed by atoms with E-state index in [4.69, 9.17) is 9.84 Å². The Morgan fingerprint density at radius 2 is 1.85 bits per heavy atom. The van der Waals surface area contributed by atoms with Gasteiger partial charge in [-0.25, -0.2) is 4.79 Å². The van der Waals surface area contributed by atoms with Crippen molar-refractivity contribution in [2.24, 2.45) is 0 Å². The summed E-state index contributed by atoms with van der Waals surface area (Å²) in [4.78, 5) is 22.8. The lowest BCUT2D eigenvalue weighted by Gasteiger charge is -2.37.